The number of rotatable bonds is 2. The van der Waals surface area contributed by atoms with Crippen LogP contribution < -0.4 is 0 Å². The van der Waals surface area contributed by atoms with Gasteiger partial charge in [-0.05, 0) is 26.0 Å². The number of aryl methyl sites for hydroxylation is 2. The van der Waals surface area contributed by atoms with Gasteiger partial charge in [-0.15, -0.1) is 0 Å². The van der Waals surface area contributed by atoms with E-state index in [1.807, 2.05) is 0 Å². The molecular formula is C12H9ClF2N2S. The van der Waals surface area contributed by atoms with Gasteiger partial charge in [0.15, 0.2) is 5.15 Å². The SMILES string of the molecule is Cc1nc(Cl)c(Sc2ccc(F)cc2F)nc1C. The fraction of sp³-hybridized carbons (Fsp3) is 0.167. The Balaban J connectivity index is 2.37. The Labute approximate surface area is 112 Å². The first-order valence-electron chi connectivity index (χ1n) is 5.11. The van der Waals surface area contributed by atoms with Gasteiger partial charge in [-0.2, -0.15) is 0 Å². The highest BCUT2D eigenvalue weighted by molar-refractivity contribution is 7.99. The van der Waals surface area contributed by atoms with E-state index in [1.54, 1.807) is 13.8 Å². The lowest BCUT2D eigenvalue weighted by Gasteiger charge is -2.06. The van der Waals surface area contributed by atoms with E-state index in [1.165, 1.54) is 12.1 Å². The molecule has 0 radical (unpaired) electrons. The Bertz CT molecular complexity index is 605. The average molecular weight is 287 g/mol. The van der Waals surface area contributed by atoms with E-state index in [2.05, 4.69) is 9.97 Å². The maximum absolute atomic E-state index is 13.5. The normalized spacial score (nSPS) is 10.7. The molecule has 0 aliphatic heterocycles. The number of hydrogen-bond donors (Lipinski definition) is 0. The van der Waals surface area contributed by atoms with Gasteiger partial charge in [-0.3, -0.25) is 0 Å². The van der Waals surface area contributed by atoms with E-state index in [0.717, 1.165) is 29.2 Å². The van der Waals surface area contributed by atoms with Crippen molar-refractivity contribution in [2.45, 2.75) is 23.8 Å². The van der Waals surface area contributed by atoms with Crippen molar-refractivity contribution in [3.63, 3.8) is 0 Å². The minimum Gasteiger partial charge on any atom is -0.241 e. The van der Waals surface area contributed by atoms with Crippen molar-refractivity contribution < 1.29 is 8.78 Å². The van der Waals surface area contributed by atoms with Gasteiger partial charge in [-0.25, -0.2) is 18.7 Å². The van der Waals surface area contributed by atoms with Crippen molar-refractivity contribution in [2.75, 3.05) is 0 Å². The molecule has 0 aliphatic carbocycles. The second kappa shape index (κ2) is 5.20. The fourth-order valence-corrected chi connectivity index (χ4v) is 2.38. The second-order valence-corrected chi connectivity index (χ2v) is 5.06. The topological polar surface area (TPSA) is 25.8 Å². The number of benzene rings is 1. The number of nitrogens with zero attached hydrogens (tertiary/aromatic N) is 2. The summed E-state index contributed by atoms with van der Waals surface area (Å²) in [7, 11) is 0. The molecule has 1 aromatic heterocycles. The van der Waals surface area contributed by atoms with E-state index in [9.17, 15) is 8.78 Å². The van der Waals surface area contributed by atoms with Crippen molar-refractivity contribution in [1.82, 2.24) is 9.97 Å². The molecule has 0 aliphatic rings. The van der Waals surface area contributed by atoms with E-state index in [4.69, 9.17) is 11.6 Å². The van der Waals surface area contributed by atoms with Gasteiger partial charge in [0.25, 0.3) is 0 Å². The molecule has 0 N–H and O–H groups in total. The average Bonchev–Trinajstić information content (AvgIpc) is 2.29. The molecule has 0 amide bonds. The molecule has 6 heteroatoms. The van der Waals surface area contributed by atoms with Gasteiger partial charge < -0.3 is 0 Å². The van der Waals surface area contributed by atoms with Gasteiger partial charge >= 0.3 is 0 Å². The summed E-state index contributed by atoms with van der Waals surface area (Å²) in [5.41, 5.74) is 1.45. The van der Waals surface area contributed by atoms with Crippen LogP contribution >= 0.6 is 23.4 Å². The fourth-order valence-electron chi connectivity index (χ4n) is 1.28. The van der Waals surface area contributed by atoms with E-state index >= 15 is 0 Å². The van der Waals surface area contributed by atoms with Gasteiger partial charge in [0, 0.05) is 11.0 Å². The Morgan fingerprint density at radius 2 is 1.78 bits per heavy atom. The Morgan fingerprint density at radius 3 is 2.44 bits per heavy atom. The molecule has 0 fully saturated rings. The zero-order chi connectivity index (χ0) is 13.3. The number of halogens is 3. The largest absolute Gasteiger partial charge is 0.241 e. The quantitative estimate of drug-likeness (QED) is 0.828. The van der Waals surface area contributed by atoms with Crippen LogP contribution in [0.15, 0.2) is 28.1 Å². The molecule has 2 rings (SSSR count). The summed E-state index contributed by atoms with van der Waals surface area (Å²) >= 11 is 6.97. The van der Waals surface area contributed by atoms with Crippen LogP contribution in [0, 0.1) is 25.5 Å². The predicted molar refractivity (Wildman–Crippen MR) is 67.0 cm³/mol. The van der Waals surface area contributed by atoms with E-state index in [-0.39, 0.29) is 10.0 Å². The van der Waals surface area contributed by atoms with Crippen molar-refractivity contribution in [2.24, 2.45) is 0 Å². The standard InChI is InChI=1S/C12H9ClF2N2S/c1-6-7(2)17-12(11(13)16-6)18-10-4-3-8(14)5-9(10)15/h3-5H,1-2H3. The predicted octanol–water partition coefficient (Wildman–Crippen LogP) is 4.18. The number of hydrogen-bond acceptors (Lipinski definition) is 3. The first-order chi connectivity index (χ1) is 8.47. The summed E-state index contributed by atoms with van der Waals surface area (Å²) in [5.74, 6) is -1.26. The molecule has 2 nitrogen and oxygen atoms in total. The number of aromatic nitrogens is 2. The highest BCUT2D eigenvalue weighted by atomic mass is 35.5. The van der Waals surface area contributed by atoms with Crippen LogP contribution in [0.25, 0.3) is 0 Å². The summed E-state index contributed by atoms with van der Waals surface area (Å²) in [6.45, 7) is 3.59. The lowest BCUT2D eigenvalue weighted by molar-refractivity contribution is 0.565. The molecule has 0 saturated carbocycles. The zero-order valence-electron chi connectivity index (χ0n) is 9.67. The van der Waals surface area contributed by atoms with Gasteiger partial charge in [0.1, 0.15) is 16.7 Å². The third-order valence-electron chi connectivity index (χ3n) is 2.34. The summed E-state index contributed by atoms with van der Waals surface area (Å²) in [6, 6.07) is 3.36. The maximum Gasteiger partial charge on any atom is 0.161 e. The van der Waals surface area contributed by atoms with Crippen LogP contribution in [0.3, 0.4) is 0 Å². The third kappa shape index (κ3) is 2.79. The van der Waals surface area contributed by atoms with Crippen LogP contribution in [0.1, 0.15) is 11.4 Å². The van der Waals surface area contributed by atoms with Crippen LogP contribution in [0.2, 0.25) is 5.15 Å². The molecule has 0 unspecified atom stereocenters. The molecular weight excluding hydrogens is 278 g/mol. The Morgan fingerprint density at radius 1 is 1.11 bits per heavy atom. The molecule has 0 spiro atoms. The van der Waals surface area contributed by atoms with Crippen LogP contribution in [-0.4, -0.2) is 9.97 Å². The Kier molecular flexibility index (Phi) is 3.82. The molecule has 2 aromatic rings. The Hall–Kier alpha value is -1.20. The summed E-state index contributed by atoms with van der Waals surface area (Å²) in [4.78, 5) is 8.60. The highest BCUT2D eigenvalue weighted by Gasteiger charge is 2.12. The minimum atomic E-state index is -0.643. The van der Waals surface area contributed by atoms with Crippen molar-refractivity contribution in [3.8, 4) is 0 Å². The smallest absolute Gasteiger partial charge is 0.161 e. The molecule has 0 atom stereocenters. The first kappa shape index (κ1) is 13.2. The van der Waals surface area contributed by atoms with Crippen molar-refractivity contribution in [3.05, 3.63) is 46.4 Å². The molecule has 1 aromatic carbocycles. The monoisotopic (exact) mass is 286 g/mol. The second-order valence-electron chi connectivity index (χ2n) is 3.67. The zero-order valence-corrected chi connectivity index (χ0v) is 11.2. The lowest BCUT2D eigenvalue weighted by Crippen LogP contribution is -1.95. The molecule has 94 valence electrons. The van der Waals surface area contributed by atoms with Crippen LogP contribution in [-0.2, 0) is 0 Å². The van der Waals surface area contributed by atoms with Crippen molar-refractivity contribution in [1.29, 1.82) is 0 Å². The molecule has 0 bridgehead atoms. The minimum absolute atomic E-state index is 0.215. The maximum atomic E-state index is 13.5. The molecule has 1 heterocycles. The van der Waals surface area contributed by atoms with Crippen molar-refractivity contribution >= 4 is 23.4 Å². The lowest BCUT2D eigenvalue weighted by atomic mass is 10.3. The highest BCUT2D eigenvalue weighted by Crippen LogP contribution is 2.32. The third-order valence-corrected chi connectivity index (χ3v) is 3.74. The van der Waals surface area contributed by atoms with Gasteiger partial charge in [0.2, 0.25) is 0 Å². The first-order valence-corrected chi connectivity index (χ1v) is 6.30. The molecule has 18 heavy (non-hydrogen) atoms. The van der Waals surface area contributed by atoms with Gasteiger partial charge in [-0.1, -0.05) is 23.4 Å². The van der Waals surface area contributed by atoms with Crippen LogP contribution in [0.5, 0.6) is 0 Å². The summed E-state index contributed by atoms with van der Waals surface area (Å²) in [5, 5.41) is 0.622. The van der Waals surface area contributed by atoms with E-state index in [0.29, 0.717) is 5.03 Å². The van der Waals surface area contributed by atoms with Crippen LogP contribution in [0.4, 0.5) is 8.78 Å². The van der Waals surface area contributed by atoms with Gasteiger partial charge in [0.05, 0.1) is 11.4 Å². The summed E-state index contributed by atoms with van der Waals surface area (Å²) in [6.07, 6.45) is 0. The molecule has 0 saturated heterocycles. The summed E-state index contributed by atoms with van der Waals surface area (Å²) < 4.78 is 26.3. The van der Waals surface area contributed by atoms with E-state index < -0.39 is 11.6 Å².